The summed E-state index contributed by atoms with van der Waals surface area (Å²) < 4.78 is 37.7. The van der Waals surface area contributed by atoms with Gasteiger partial charge >= 0.3 is 5.97 Å². The molecule has 0 amide bonds. The highest BCUT2D eigenvalue weighted by Gasteiger charge is 2.15. The second-order valence-electron chi connectivity index (χ2n) is 8.41. The van der Waals surface area contributed by atoms with Crippen LogP contribution in [0, 0.1) is 0 Å². The number of hydrogen-bond donors (Lipinski definition) is 0. The highest BCUT2D eigenvalue weighted by molar-refractivity contribution is 5.71. The maximum absolute atomic E-state index is 11.5. The van der Waals surface area contributed by atoms with Crippen molar-refractivity contribution >= 4 is 5.97 Å². The number of azide groups is 1. The van der Waals surface area contributed by atoms with Gasteiger partial charge in [-0.1, -0.05) is 35.4 Å². The van der Waals surface area contributed by atoms with Crippen molar-refractivity contribution in [2.75, 3.05) is 72.7 Å². The van der Waals surface area contributed by atoms with E-state index in [9.17, 15) is 4.79 Å². The van der Waals surface area contributed by atoms with Crippen molar-refractivity contribution in [3.8, 4) is 0 Å². The normalized spacial score (nSPS) is 12.2. The number of hydrogen-bond acceptors (Lipinski definition) is 9. The molecule has 0 bridgehead atoms. The number of carbonyl (C=O) groups excluding carboxylic acids is 1. The average Bonchev–Trinajstić information content (AvgIpc) is 2.81. The van der Waals surface area contributed by atoms with Gasteiger partial charge in [0.05, 0.1) is 78.7 Å². The first-order chi connectivity index (χ1) is 16.9. The van der Waals surface area contributed by atoms with Gasteiger partial charge in [-0.15, -0.1) is 0 Å². The Hall–Kier alpha value is -2.24. The molecule has 1 aromatic carbocycles. The molecule has 198 valence electrons. The highest BCUT2D eigenvalue weighted by atomic mass is 16.6. The minimum Gasteiger partial charge on any atom is -0.458 e. The molecule has 0 saturated carbocycles. The Kier molecular flexibility index (Phi) is 17.6. The van der Waals surface area contributed by atoms with E-state index in [1.165, 1.54) is 0 Å². The van der Waals surface area contributed by atoms with Crippen LogP contribution in [0.1, 0.15) is 26.3 Å². The van der Waals surface area contributed by atoms with Gasteiger partial charge in [0.15, 0.2) is 0 Å². The van der Waals surface area contributed by atoms with Crippen LogP contribution in [0.5, 0.6) is 0 Å². The lowest BCUT2D eigenvalue weighted by molar-refractivity contribution is -0.160. The highest BCUT2D eigenvalue weighted by Crippen LogP contribution is 2.06. The van der Waals surface area contributed by atoms with Gasteiger partial charge in [-0.25, -0.2) is 4.79 Å². The topological polar surface area (TPSA) is 130 Å². The Bertz CT molecular complexity index is 708. The number of benzene rings is 1. The van der Waals surface area contributed by atoms with Crippen LogP contribution in [-0.2, 0) is 44.6 Å². The summed E-state index contributed by atoms with van der Waals surface area (Å²) in [5.74, 6) is -0.411. The van der Waals surface area contributed by atoms with Gasteiger partial charge in [-0.2, -0.15) is 0 Å². The zero-order valence-electron chi connectivity index (χ0n) is 21.1. The van der Waals surface area contributed by atoms with Crippen molar-refractivity contribution in [1.82, 2.24) is 0 Å². The minimum absolute atomic E-state index is 0.113. The predicted octanol–water partition coefficient (Wildman–Crippen LogP) is 3.31. The summed E-state index contributed by atoms with van der Waals surface area (Å²) in [6, 6.07) is 9.50. The second kappa shape index (κ2) is 20.0. The lowest BCUT2D eigenvalue weighted by atomic mass is 10.2. The van der Waals surface area contributed by atoms with Crippen molar-refractivity contribution in [3.05, 3.63) is 46.3 Å². The Morgan fingerprint density at radius 2 is 1.34 bits per heavy atom. The van der Waals surface area contributed by atoms with Crippen molar-refractivity contribution in [2.24, 2.45) is 5.11 Å². The van der Waals surface area contributed by atoms with Crippen LogP contribution in [0.25, 0.3) is 10.4 Å². The zero-order chi connectivity index (χ0) is 25.6. The number of carbonyl (C=O) groups is 1. The molecule has 1 rings (SSSR count). The molecule has 0 N–H and O–H groups in total. The average molecular weight is 498 g/mol. The molecule has 0 aromatic heterocycles. The van der Waals surface area contributed by atoms with E-state index >= 15 is 0 Å². The first kappa shape index (κ1) is 30.8. The van der Waals surface area contributed by atoms with E-state index in [0.717, 1.165) is 5.56 Å². The molecule has 0 unspecified atom stereocenters. The van der Waals surface area contributed by atoms with Gasteiger partial charge in [0.2, 0.25) is 0 Å². The molecule has 0 spiro atoms. The molecule has 0 aliphatic heterocycles. The maximum Gasteiger partial charge on any atom is 0.332 e. The lowest BCUT2D eigenvalue weighted by Gasteiger charge is -2.19. The first-order valence-corrected chi connectivity index (χ1v) is 11.7. The lowest BCUT2D eigenvalue weighted by Crippen LogP contribution is -2.27. The molecule has 1 aromatic rings. The van der Waals surface area contributed by atoms with Crippen LogP contribution < -0.4 is 0 Å². The molecular weight excluding hydrogens is 458 g/mol. The van der Waals surface area contributed by atoms with Crippen LogP contribution in [0.2, 0.25) is 0 Å². The summed E-state index contributed by atoms with van der Waals surface area (Å²) in [7, 11) is 0. The van der Waals surface area contributed by atoms with E-state index in [4.69, 9.17) is 38.7 Å². The smallest absolute Gasteiger partial charge is 0.332 e. The van der Waals surface area contributed by atoms with Gasteiger partial charge < -0.3 is 33.2 Å². The number of esters is 1. The molecule has 0 saturated heterocycles. The van der Waals surface area contributed by atoms with Crippen molar-refractivity contribution in [2.45, 2.75) is 39.0 Å². The molecule has 0 fully saturated rings. The molecular formula is C24H39N3O8. The fourth-order valence-electron chi connectivity index (χ4n) is 2.59. The Morgan fingerprint density at radius 1 is 0.829 bits per heavy atom. The van der Waals surface area contributed by atoms with E-state index in [0.29, 0.717) is 52.9 Å². The molecule has 0 heterocycles. The molecule has 35 heavy (non-hydrogen) atoms. The summed E-state index contributed by atoms with van der Waals surface area (Å²) in [5.41, 5.74) is 9.30. The van der Waals surface area contributed by atoms with Crippen LogP contribution >= 0.6 is 0 Å². The molecule has 1 atom stereocenters. The fraction of sp³-hybridized carbons (Fsp3) is 0.708. The predicted molar refractivity (Wildman–Crippen MR) is 129 cm³/mol. The van der Waals surface area contributed by atoms with E-state index < -0.39 is 17.6 Å². The fourth-order valence-corrected chi connectivity index (χ4v) is 2.59. The summed E-state index contributed by atoms with van der Waals surface area (Å²) in [6.07, 6.45) is 0. The number of nitrogens with zero attached hydrogens (tertiary/aromatic N) is 3. The third kappa shape index (κ3) is 19.7. The van der Waals surface area contributed by atoms with Gasteiger partial charge in [0, 0.05) is 4.91 Å². The molecule has 0 aliphatic carbocycles. The van der Waals surface area contributed by atoms with Crippen molar-refractivity contribution < 1.29 is 38.0 Å². The molecule has 0 radical (unpaired) electrons. The standard InChI is InChI=1S/C24H39N3O8/c1-24(2,3)35-23(28)20-34-16-12-30-11-15-33-19-22(26-27-25)18-32-14-10-29-9-13-31-17-21-7-5-4-6-8-21/h4-8,22H,9-20H2,1-3H3/t22-/m1/s1. The maximum atomic E-state index is 11.5. The van der Waals surface area contributed by atoms with Crippen molar-refractivity contribution in [3.63, 3.8) is 0 Å². The minimum atomic E-state index is -0.529. The number of rotatable bonds is 21. The van der Waals surface area contributed by atoms with Crippen LogP contribution in [0.4, 0.5) is 0 Å². The third-order valence-electron chi connectivity index (χ3n) is 4.07. The Balaban J connectivity index is 1.93. The Labute approximate surface area is 207 Å². The van der Waals surface area contributed by atoms with E-state index in [2.05, 4.69) is 10.0 Å². The zero-order valence-corrected chi connectivity index (χ0v) is 21.1. The van der Waals surface area contributed by atoms with Gasteiger partial charge in [0.1, 0.15) is 12.2 Å². The van der Waals surface area contributed by atoms with Gasteiger partial charge in [0.25, 0.3) is 0 Å². The molecule has 11 heteroatoms. The van der Waals surface area contributed by atoms with Crippen LogP contribution in [-0.4, -0.2) is 90.3 Å². The largest absolute Gasteiger partial charge is 0.458 e. The van der Waals surface area contributed by atoms with Crippen LogP contribution in [0.15, 0.2) is 35.4 Å². The number of ether oxygens (including phenoxy) is 7. The summed E-state index contributed by atoms with van der Waals surface area (Å²) in [4.78, 5) is 14.3. The third-order valence-corrected chi connectivity index (χ3v) is 4.07. The van der Waals surface area contributed by atoms with E-state index in [1.54, 1.807) is 20.8 Å². The molecule has 11 nitrogen and oxygen atoms in total. The summed E-state index contributed by atoms with van der Waals surface area (Å²) in [5, 5.41) is 3.68. The second-order valence-corrected chi connectivity index (χ2v) is 8.41. The Morgan fingerprint density at radius 3 is 1.89 bits per heavy atom. The van der Waals surface area contributed by atoms with Crippen LogP contribution in [0.3, 0.4) is 0 Å². The first-order valence-electron chi connectivity index (χ1n) is 11.7. The summed E-state index contributed by atoms with van der Waals surface area (Å²) >= 11 is 0. The quantitative estimate of drug-likeness (QED) is 0.0831. The SMILES string of the molecule is CC(C)(C)OC(=O)COCCOCCOC[C@@H](COCCOCCOCc1ccccc1)N=[N+]=[N-]. The molecule has 0 aliphatic rings. The van der Waals surface area contributed by atoms with Gasteiger partial charge in [-0.3, -0.25) is 0 Å². The van der Waals surface area contributed by atoms with E-state index in [-0.39, 0.29) is 26.4 Å². The summed E-state index contributed by atoms with van der Waals surface area (Å²) in [6.45, 7) is 9.34. The monoisotopic (exact) mass is 497 g/mol. The van der Waals surface area contributed by atoms with Gasteiger partial charge in [-0.05, 0) is 31.9 Å². The van der Waals surface area contributed by atoms with E-state index in [1.807, 2.05) is 30.3 Å². The van der Waals surface area contributed by atoms with Crippen molar-refractivity contribution in [1.29, 1.82) is 0 Å².